The van der Waals surface area contributed by atoms with Crippen LogP contribution in [0.4, 0.5) is 37.8 Å². The molecule has 4 N–H and O–H groups in total. The summed E-state index contributed by atoms with van der Waals surface area (Å²) in [5.74, 6) is 5.78. The Hall–Kier alpha value is -2.66. The van der Waals surface area contributed by atoms with E-state index in [0.29, 0.717) is 43.3 Å². The lowest BCUT2D eigenvalue weighted by atomic mass is 9.92. The molecule has 13 heteroatoms. The smallest absolute Gasteiger partial charge is 0.384 e. The number of rotatable bonds is 4. The van der Waals surface area contributed by atoms with E-state index in [9.17, 15) is 31.4 Å². The van der Waals surface area contributed by atoms with Crippen molar-refractivity contribution in [1.29, 1.82) is 0 Å². The minimum atomic E-state index is -5.96. The van der Waals surface area contributed by atoms with Gasteiger partial charge in [-0.3, -0.25) is 0 Å². The maximum atomic E-state index is 13.1. The molecule has 1 aromatic heterocycles. The van der Waals surface area contributed by atoms with Gasteiger partial charge in [0.1, 0.15) is 18.5 Å². The van der Waals surface area contributed by atoms with Crippen LogP contribution in [0.1, 0.15) is 5.56 Å². The molecule has 3 rings (SSSR count). The zero-order chi connectivity index (χ0) is 25.1. The molecular formula is C21H20F6N4O2S. The predicted octanol–water partition coefficient (Wildman–Crippen LogP) is 3.17. The fourth-order valence-electron chi connectivity index (χ4n) is 3.41. The summed E-state index contributed by atoms with van der Waals surface area (Å²) in [6.07, 6.45) is -10.3. The molecule has 0 amide bonds. The van der Waals surface area contributed by atoms with Crippen LogP contribution in [-0.2, 0) is 5.60 Å². The third-order valence-electron chi connectivity index (χ3n) is 5.12. The van der Waals surface area contributed by atoms with Crippen molar-refractivity contribution in [2.24, 2.45) is 0 Å². The average Bonchev–Trinajstić information content (AvgIpc) is 2.77. The molecule has 1 aliphatic rings. The van der Waals surface area contributed by atoms with Gasteiger partial charge in [0, 0.05) is 42.0 Å². The molecule has 184 valence electrons. The Morgan fingerprint density at radius 1 is 1.03 bits per heavy atom. The Morgan fingerprint density at radius 2 is 1.68 bits per heavy atom. The van der Waals surface area contributed by atoms with Crippen LogP contribution in [0.2, 0.25) is 0 Å². The van der Waals surface area contributed by atoms with Crippen LogP contribution < -0.4 is 10.6 Å². The number of hydrogen-bond acceptors (Lipinski definition) is 7. The number of anilines is 2. The molecule has 0 radical (unpaired) electrons. The van der Waals surface area contributed by atoms with Crippen molar-refractivity contribution in [3.8, 4) is 11.8 Å². The zero-order valence-electron chi connectivity index (χ0n) is 17.4. The fraction of sp³-hybridized carbons (Fsp3) is 0.381. The number of pyridine rings is 1. The summed E-state index contributed by atoms with van der Waals surface area (Å²) >= 11 is 1.39. The molecule has 0 bridgehead atoms. The number of benzene rings is 1. The predicted molar refractivity (Wildman–Crippen MR) is 115 cm³/mol. The highest BCUT2D eigenvalue weighted by Gasteiger charge is 2.71. The summed E-state index contributed by atoms with van der Waals surface area (Å²) in [6, 6.07) is 6.30. The van der Waals surface area contributed by atoms with E-state index in [2.05, 4.69) is 16.8 Å². The number of piperazine rings is 1. The lowest BCUT2D eigenvalue weighted by Crippen LogP contribution is -2.54. The van der Waals surface area contributed by atoms with Crippen LogP contribution in [0, 0.1) is 11.8 Å². The van der Waals surface area contributed by atoms with Gasteiger partial charge in [0.2, 0.25) is 0 Å². The molecule has 1 atom stereocenters. The number of alkyl halides is 6. The van der Waals surface area contributed by atoms with E-state index in [1.54, 1.807) is 23.2 Å². The molecule has 6 nitrogen and oxygen atoms in total. The van der Waals surface area contributed by atoms with Crippen molar-refractivity contribution in [2.75, 3.05) is 36.9 Å². The van der Waals surface area contributed by atoms with E-state index in [-0.39, 0.29) is 0 Å². The highest BCUT2D eigenvalue weighted by Crippen LogP contribution is 2.50. The van der Waals surface area contributed by atoms with Gasteiger partial charge in [-0.1, -0.05) is 24.0 Å². The van der Waals surface area contributed by atoms with E-state index < -0.39 is 36.2 Å². The van der Waals surface area contributed by atoms with E-state index in [1.165, 1.54) is 11.9 Å². The number of nitrogens with zero attached hydrogens (tertiary/aromatic N) is 3. The Bertz CT molecular complexity index is 1020. The Morgan fingerprint density at radius 3 is 2.21 bits per heavy atom. The monoisotopic (exact) mass is 506 g/mol. The van der Waals surface area contributed by atoms with E-state index in [1.807, 2.05) is 4.31 Å². The number of nitrogen functional groups attached to an aromatic ring is 1. The van der Waals surface area contributed by atoms with Crippen molar-refractivity contribution in [3.05, 3.63) is 48.2 Å². The number of nitrogens with two attached hydrogens (primary N) is 1. The molecule has 34 heavy (non-hydrogen) atoms. The third kappa shape index (κ3) is 5.35. The maximum absolute atomic E-state index is 13.1. The molecule has 1 aromatic carbocycles. The first-order valence-electron chi connectivity index (χ1n) is 9.83. The molecule has 1 aliphatic heterocycles. The molecule has 1 fully saturated rings. The van der Waals surface area contributed by atoms with Gasteiger partial charge in [0.05, 0.1) is 0 Å². The first-order valence-corrected chi connectivity index (χ1v) is 10.6. The SMILES string of the molecule is Nc1ccc(SN2CCN(c3ccc(C(O)(C(F)(F)F)C(F)(F)F)cc3)C(C#CCO)C2)cn1. The molecule has 1 unspecified atom stereocenters. The zero-order valence-corrected chi connectivity index (χ0v) is 18.3. The van der Waals surface area contributed by atoms with Crippen LogP contribution in [0.25, 0.3) is 0 Å². The molecule has 0 aliphatic carbocycles. The van der Waals surface area contributed by atoms with Crippen molar-refractivity contribution in [1.82, 2.24) is 9.29 Å². The minimum Gasteiger partial charge on any atom is -0.384 e. The van der Waals surface area contributed by atoms with Crippen LogP contribution in [-0.4, -0.2) is 64.1 Å². The van der Waals surface area contributed by atoms with Gasteiger partial charge >= 0.3 is 12.4 Å². The third-order valence-corrected chi connectivity index (χ3v) is 6.16. The van der Waals surface area contributed by atoms with E-state index >= 15 is 0 Å². The first-order chi connectivity index (χ1) is 15.9. The summed E-state index contributed by atoms with van der Waals surface area (Å²) in [4.78, 5) is 6.55. The summed E-state index contributed by atoms with van der Waals surface area (Å²) < 4.78 is 80.8. The number of aromatic nitrogens is 1. The van der Waals surface area contributed by atoms with Gasteiger partial charge in [0.25, 0.3) is 5.60 Å². The first kappa shape index (κ1) is 26.0. The second-order valence-electron chi connectivity index (χ2n) is 7.34. The van der Waals surface area contributed by atoms with Gasteiger partial charge in [-0.25, -0.2) is 9.29 Å². The minimum absolute atomic E-state index is 0.325. The summed E-state index contributed by atoms with van der Waals surface area (Å²) in [5.41, 5.74) is -0.416. The summed E-state index contributed by atoms with van der Waals surface area (Å²) in [7, 11) is 0. The van der Waals surface area contributed by atoms with E-state index in [0.717, 1.165) is 17.0 Å². The summed E-state index contributed by atoms with van der Waals surface area (Å²) in [5, 5.41) is 18.7. The Kier molecular flexibility index (Phi) is 7.56. The van der Waals surface area contributed by atoms with Crippen molar-refractivity contribution >= 4 is 23.5 Å². The van der Waals surface area contributed by atoms with E-state index in [4.69, 9.17) is 10.8 Å². The summed E-state index contributed by atoms with van der Waals surface area (Å²) in [6.45, 7) is 0.785. The van der Waals surface area contributed by atoms with Crippen molar-refractivity contribution in [2.45, 2.75) is 28.9 Å². The second kappa shape index (κ2) is 9.91. The Balaban J connectivity index is 1.83. The van der Waals surface area contributed by atoms with Gasteiger partial charge in [-0.15, -0.1) is 0 Å². The topological polar surface area (TPSA) is 85.9 Å². The fourth-order valence-corrected chi connectivity index (χ4v) is 4.33. The molecule has 0 saturated carbocycles. The van der Waals surface area contributed by atoms with Gasteiger partial charge in [-0.2, -0.15) is 26.3 Å². The van der Waals surface area contributed by atoms with Crippen molar-refractivity contribution < 1.29 is 36.6 Å². The normalized spacial score (nSPS) is 17.9. The molecule has 0 spiro atoms. The lowest BCUT2D eigenvalue weighted by Gasteiger charge is -2.40. The van der Waals surface area contributed by atoms with Gasteiger partial charge in [-0.05, 0) is 36.2 Å². The molecule has 2 heterocycles. The number of aliphatic hydroxyl groups is 2. The quantitative estimate of drug-likeness (QED) is 0.334. The standard InChI is InChI=1S/C21H20F6N4O2S/c22-20(23,24)19(33,21(25,26)27)14-3-5-15(6-4-14)31-10-9-30(13-16(31)2-1-11-32)34-17-7-8-18(28)29-12-17/h3-8,12,16,32-33H,9-11,13H2,(H2,28,29). The van der Waals surface area contributed by atoms with Crippen LogP contribution in [0.15, 0.2) is 47.5 Å². The van der Waals surface area contributed by atoms with Crippen LogP contribution in [0.3, 0.4) is 0 Å². The van der Waals surface area contributed by atoms with Crippen LogP contribution >= 0.6 is 11.9 Å². The lowest BCUT2D eigenvalue weighted by molar-refractivity contribution is -0.376. The number of aliphatic hydroxyl groups excluding tert-OH is 1. The van der Waals surface area contributed by atoms with Crippen LogP contribution in [0.5, 0.6) is 0 Å². The Labute approximate surface area is 195 Å². The molecule has 1 saturated heterocycles. The second-order valence-corrected chi connectivity index (χ2v) is 8.51. The highest BCUT2D eigenvalue weighted by atomic mass is 32.2. The largest absolute Gasteiger partial charge is 0.430 e. The van der Waals surface area contributed by atoms with Crippen molar-refractivity contribution in [3.63, 3.8) is 0 Å². The number of hydrogen-bond donors (Lipinski definition) is 3. The molecular weight excluding hydrogens is 486 g/mol. The average molecular weight is 506 g/mol. The highest BCUT2D eigenvalue weighted by molar-refractivity contribution is 7.97. The van der Waals surface area contributed by atoms with Gasteiger partial charge < -0.3 is 20.8 Å². The molecule has 2 aromatic rings. The number of halogens is 6. The van der Waals surface area contributed by atoms with Gasteiger partial charge in [0.15, 0.2) is 0 Å². The maximum Gasteiger partial charge on any atom is 0.430 e.